The monoisotopic (exact) mass is 399 g/mol. The number of hydrogen-bond acceptors (Lipinski definition) is 4. The highest BCUT2D eigenvalue weighted by Gasteiger charge is 2.36. The third-order valence-corrected chi connectivity index (χ3v) is 6.24. The maximum Gasteiger partial charge on any atom is 0.268 e. The summed E-state index contributed by atoms with van der Waals surface area (Å²) in [7, 11) is 1.88. The minimum absolute atomic E-state index is 0.0983. The Labute approximate surface area is 170 Å². The molecule has 2 aromatic rings. The zero-order chi connectivity index (χ0) is 20.5. The van der Waals surface area contributed by atoms with E-state index in [1.165, 1.54) is 0 Å². The van der Waals surface area contributed by atoms with Crippen LogP contribution in [-0.2, 0) is 16.6 Å². The molecule has 1 aliphatic heterocycles. The number of aryl methyl sites for hydroxylation is 2. The number of benzene rings is 1. The van der Waals surface area contributed by atoms with E-state index in [0.29, 0.717) is 51.3 Å². The summed E-state index contributed by atoms with van der Waals surface area (Å²) >= 11 is 0. The van der Waals surface area contributed by atoms with Crippen LogP contribution in [0, 0.1) is 12.8 Å². The molecule has 2 N–H and O–H groups in total. The van der Waals surface area contributed by atoms with Crippen molar-refractivity contribution in [2.45, 2.75) is 38.3 Å². The number of aromatic nitrogens is 1. The summed E-state index contributed by atoms with van der Waals surface area (Å²) in [5.74, 6) is -0.276. The topological polar surface area (TPSA) is 83.8 Å². The van der Waals surface area contributed by atoms with Crippen molar-refractivity contribution in [3.05, 3.63) is 35.5 Å². The number of carbonyl (C=O) groups excluding carboxylic acids is 2. The van der Waals surface area contributed by atoms with Crippen molar-refractivity contribution in [2.24, 2.45) is 13.0 Å². The lowest BCUT2D eigenvalue weighted by Gasteiger charge is -2.36. The number of morpholine rings is 1. The third-order valence-electron chi connectivity index (χ3n) is 6.24. The fourth-order valence-corrected chi connectivity index (χ4v) is 4.51. The molecule has 1 aliphatic carbocycles. The minimum Gasteiger partial charge on any atom is -0.391 e. The van der Waals surface area contributed by atoms with E-state index in [2.05, 4.69) is 11.4 Å². The summed E-state index contributed by atoms with van der Waals surface area (Å²) in [6.07, 6.45) is 0.929. The van der Waals surface area contributed by atoms with Gasteiger partial charge in [-0.1, -0.05) is 11.6 Å². The highest BCUT2D eigenvalue weighted by atomic mass is 16.5. The number of fused-ring (bicyclic) bond motifs is 1. The molecular formula is C22H29N3O4. The largest absolute Gasteiger partial charge is 0.391 e. The van der Waals surface area contributed by atoms with E-state index >= 15 is 0 Å². The molecule has 0 bridgehead atoms. The van der Waals surface area contributed by atoms with E-state index in [4.69, 9.17) is 4.74 Å². The van der Waals surface area contributed by atoms with Gasteiger partial charge in [0.15, 0.2) is 0 Å². The van der Waals surface area contributed by atoms with Crippen molar-refractivity contribution in [1.82, 2.24) is 14.8 Å². The van der Waals surface area contributed by atoms with Crippen LogP contribution in [0.25, 0.3) is 10.9 Å². The fraction of sp³-hybridized carbons (Fsp3) is 0.545. The van der Waals surface area contributed by atoms with Gasteiger partial charge in [-0.2, -0.15) is 0 Å². The Hall–Kier alpha value is -2.38. The summed E-state index contributed by atoms with van der Waals surface area (Å²) in [6.45, 7) is 4.41. The molecule has 2 amide bonds. The molecule has 1 saturated heterocycles. The SMILES string of the molecule is Cc1ccc2c(c1)cc(C(=O)N[C@H]1CC[C@H](C(=O)N3CCOCC3)C[C@@H]1O)n2C. The highest BCUT2D eigenvalue weighted by Crippen LogP contribution is 2.28. The maximum absolute atomic E-state index is 12.9. The average Bonchev–Trinajstić information content (AvgIpc) is 3.05. The molecule has 1 aromatic heterocycles. The number of rotatable bonds is 3. The van der Waals surface area contributed by atoms with Crippen LogP contribution in [0.3, 0.4) is 0 Å². The first-order chi connectivity index (χ1) is 13.9. The molecule has 0 radical (unpaired) electrons. The summed E-state index contributed by atoms with van der Waals surface area (Å²) in [4.78, 5) is 27.4. The quantitative estimate of drug-likeness (QED) is 0.821. The summed E-state index contributed by atoms with van der Waals surface area (Å²) in [5.41, 5.74) is 2.72. The predicted molar refractivity (Wildman–Crippen MR) is 110 cm³/mol. The van der Waals surface area contributed by atoms with Crippen LogP contribution in [0.5, 0.6) is 0 Å². The van der Waals surface area contributed by atoms with Crippen LogP contribution < -0.4 is 5.32 Å². The molecule has 29 heavy (non-hydrogen) atoms. The number of nitrogens with zero attached hydrogens (tertiary/aromatic N) is 2. The van der Waals surface area contributed by atoms with Crippen LogP contribution in [-0.4, -0.2) is 64.8 Å². The van der Waals surface area contributed by atoms with Crippen LogP contribution in [0.15, 0.2) is 24.3 Å². The first kappa shape index (κ1) is 19.9. The van der Waals surface area contributed by atoms with Crippen molar-refractivity contribution in [2.75, 3.05) is 26.3 Å². The predicted octanol–water partition coefficient (Wildman–Crippen LogP) is 1.60. The average molecular weight is 399 g/mol. The lowest BCUT2D eigenvalue weighted by molar-refractivity contribution is -0.142. The summed E-state index contributed by atoms with van der Waals surface area (Å²) in [6, 6.07) is 7.65. The molecule has 7 nitrogen and oxygen atoms in total. The zero-order valence-electron chi connectivity index (χ0n) is 17.1. The number of ether oxygens (including phenoxy) is 1. The molecule has 156 valence electrons. The molecule has 1 aromatic carbocycles. The first-order valence-electron chi connectivity index (χ1n) is 10.4. The Morgan fingerprint density at radius 2 is 1.93 bits per heavy atom. The van der Waals surface area contributed by atoms with E-state index < -0.39 is 6.10 Å². The molecule has 4 rings (SSSR count). The Morgan fingerprint density at radius 3 is 2.66 bits per heavy atom. The molecule has 0 unspecified atom stereocenters. The lowest BCUT2D eigenvalue weighted by Crippen LogP contribution is -2.51. The third kappa shape index (κ3) is 4.02. The van der Waals surface area contributed by atoms with Crippen LogP contribution in [0.1, 0.15) is 35.3 Å². The van der Waals surface area contributed by atoms with Crippen LogP contribution in [0.2, 0.25) is 0 Å². The van der Waals surface area contributed by atoms with Gasteiger partial charge in [-0.15, -0.1) is 0 Å². The summed E-state index contributed by atoms with van der Waals surface area (Å²) < 4.78 is 7.19. The van der Waals surface area contributed by atoms with Gasteiger partial charge in [-0.3, -0.25) is 9.59 Å². The molecular weight excluding hydrogens is 370 g/mol. The van der Waals surface area contributed by atoms with Gasteiger partial charge in [-0.25, -0.2) is 0 Å². The van der Waals surface area contributed by atoms with Gasteiger partial charge >= 0.3 is 0 Å². The van der Waals surface area contributed by atoms with Crippen molar-refractivity contribution in [1.29, 1.82) is 0 Å². The number of amides is 2. The smallest absolute Gasteiger partial charge is 0.268 e. The summed E-state index contributed by atoms with van der Waals surface area (Å²) in [5, 5.41) is 14.6. The second-order valence-corrected chi connectivity index (χ2v) is 8.25. The van der Waals surface area contributed by atoms with Gasteiger partial charge < -0.3 is 24.6 Å². The lowest BCUT2D eigenvalue weighted by atomic mass is 9.83. The zero-order valence-corrected chi connectivity index (χ0v) is 17.1. The minimum atomic E-state index is -0.723. The number of aliphatic hydroxyl groups is 1. The van der Waals surface area contributed by atoms with E-state index in [0.717, 1.165) is 16.5 Å². The number of hydrogen-bond donors (Lipinski definition) is 2. The van der Waals surface area contributed by atoms with Gasteiger partial charge in [-0.05, 0) is 44.4 Å². The van der Waals surface area contributed by atoms with E-state index in [9.17, 15) is 14.7 Å². The Morgan fingerprint density at radius 1 is 1.17 bits per heavy atom. The number of carbonyl (C=O) groups is 2. The fourth-order valence-electron chi connectivity index (χ4n) is 4.51. The maximum atomic E-state index is 12.9. The molecule has 3 atom stereocenters. The second-order valence-electron chi connectivity index (χ2n) is 8.25. The van der Waals surface area contributed by atoms with Gasteiger partial charge in [0.2, 0.25) is 5.91 Å². The van der Waals surface area contributed by atoms with Gasteiger partial charge in [0.05, 0.1) is 25.4 Å². The highest BCUT2D eigenvalue weighted by molar-refractivity contribution is 5.99. The Bertz CT molecular complexity index is 916. The Balaban J connectivity index is 1.40. The second kappa shape index (κ2) is 8.16. The van der Waals surface area contributed by atoms with Crippen LogP contribution in [0.4, 0.5) is 0 Å². The number of aliphatic hydroxyl groups excluding tert-OH is 1. The van der Waals surface area contributed by atoms with Crippen molar-refractivity contribution < 1.29 is 19.4 Å². The first-order valence-corrected chi connectivity index (χ1v) is 10.4. The van der Waals surface area contributed by atoms with Crippen molar-refractivity contribution in [3.63, 3.8) is 0 Å². The number of nitrogens with one attached hydrogen (secondary N) is 1. The van der Waals surface area contributed by atoms with E-state index in [1.807, 2.05) is 41.6 Å². The van der Waals surface area contributed by atoms with Gasteiger partial charge in [0.25, 0.3) is 5.91 Å². The normalized spacial score (nSPS) is 25.2. The molecule has 2 fully saturated rings. The van der Waals surface area contributed by atoms with Crippen LogP contribution >= 0.6 is 0 Å². The molecule has 0 spiro atoms. The molecule has 7 heteroatoms. The molecule has 1 saturated carbocycles. The van der Waals surface area contributed by atoms with E-state index in [-0.39, 0.29) is 23.8 Å². The van der Waals surface area contributed by atoms with Crippen molar-refractivity contribution >= 4 is 22.7 Å². The van der Waals surface area contributed by atoms with Gasteiger partial charge in [0, 0.05) is 37.0 Å². The Kier molecular flexibility index (Phi) is 5.61. The van der Waals surface area contributed by atoms with Gasteiger partial charge in [0.1, 0.15) is 5.69 Å². The van der Waals surface area contributed by atoms with Crippen molar-refractivity contribution in [3.8, 4) is 0 Å². The van der Waals surface area contributed by atoms with E-state index in [1.54, 1.807) is 0 Å². The standard InChI is InChI=1S/C22H29N3O4/c1-14-3-6-18-16(11-14)12-19(24(18)2)21(27)23-17-5-4-15(13-20(17)26)22(28)25-7-9-29-10-8-25/h3,6,11-12,15,17,20,26H,4-5,7-10,13H2,1-2H3,(H,23,27)/t15-,17-,20-/m0/s1. The molecule has 2 aliphatic rings. The molecule has 2 heterocycles.